The lowest BCUT2D eigenvalue weighted by Gasteiger charge is -1.99. The van der Waals surface area contributed by atoms with Gasteiger partial charge < -0.3 is 4.52 Å². The predicted octanol–water partition coefficient (Wildman–Crippen LogP) is 0.513. The predicted molar refractivity (Wildman–Crippen MR) is 51.9 cm³/mol. The Morgan fingerprint density at radius 2 is 2.20 bits per heavy atom. The molecule has 78 valence electrons. The van der Waals surface area contributed by atoms with E-state index in [1.807, 2.05) is 0 Å². The summed E-state index contributed by atoms with van der Waals surface area (Å²) in [6.45, 7) is 3.42. The van der Waals surface area contributed by atoms with Gasteiger partial charge in [0.05, 0.1) is 0 Å². The van der Waals surface area contributed by atoms with Crippen LogP contribution >= 0.6 is 0 Å². The molecule has 0 bridgehead atoms. The number of rotatable bonds is 2. The lowest BCUT2D eigenvalue weighted by molar-refractivity contribution is 0.428. The zero-order chi connectivity index (χ0) is 10.8. The van der Waals surface area contributed by atoms with Gasteiger partial charge in [-0.05, 0) is 13.8 Å². The van der Waals surface area contributed by atoms with Gasteiger partial charge in [-0.15, -0.1) is 0 Å². The van der Waals surface area contributed by atoms with E-state index in [0.29, 0.717) is 11.5 Å². The molecule has 0 unspecified atom stereocenters. The number of H-pyrrole nitrogens is 1. The summed E-state index contributed by atoms with van der Waals surface area (Å²) < 4.78 is 4.81. The summed E-state index contributed by atoms with van der Waals surface area (Å²) in [5.74, 6) is 0.788. The Balaban J connectivity index is 2.28. The van der Waals surface area contributed by atoms with Gasteiger partial charge >= 0.3 is 6.01 Å². The van der Waals surface area contributed by atoms with Crippen LogP contribution in [0.2, 0.25) is 0 Å². The molecule has 0 amide bonds. The minimum absolute atomic E-state index is 0.196. The van der Waals surface area contributed by atoms with Crippen LogP contribution in [0.1, 0.15) is 11.5 Å². The van der Waals surface area contributed by atoms with Crippen molar-refractivity contribution in [3.63, 3.8) is 0 Å². The van der Waals surface area contributed by atoms with Gasteiger partial charge in [0.1, 0.15) is 0 Å². The largest absolute Gasteiger partial charge is 0.328 e. The normalized spacial score (nSPS) is 10.3. The molecular weight excluding hydrogens is 198 g/mol. The number of hydrogen-bond donors (Lipinski definition) is 2. The van der Waals surface area contributed by atoms with Crippen molar-refractivity contribution in [1.82, 2.24) is 20.1 Å². The standard InChI is InChI=1S/C8H9N5O2/c1-4-3-6(14)11-7(9-4)12-8-10-5(2)13-15-8/h3H,1-2H3,(H2,9,10,11,12,13,14). The third-order valence-electron chi connectivity index (χ3n) is 1.62. The summed E-state index contributed by atoms with van der Waals surface area (Å²) in [5, 5.41) is 6.29. The topological polar surface area (TPSA) is 96.7 Å². The van der Waals surface area contributed by atoms with Crippen LogP contribution in [0, 0.1) is 13.8 Å². The second kappa shape index (κ2) is 3.52. The van der Waals surface area contributed by atoms with E-state index in [9.17, 15) is 4.79 Å². The van der Waals surface area contributed by atoms with Crippen LogP contribution in [0.25, 0.3) is 0 Å². The number of aromatic amines is 1. The molecular formula is C8H9N5O2. The van der Waals surface area contributed by atoms with Crippen LogP contribution in [0.5, 0.6) is 0 Å². The SMILES string of the molecule is Cc1cc(=O)[nH]c(Nc2nc(C)no2)n1. The van der Waals surface area contributed by atoms with E-state index in [4.69, 9.17) is 4.52 Å². The number of anilines is 2. The highest BCUT2D eigenvalue weighted by Gasteiger charge is 2.04. The van der Waals surface area contributed by atoms with Gasteiger partial charge in [-0.25, -0.2) is 4.98 Å². The highest BCUT2D eigenvalue weighted by atomic mass is 16.5. The van der Waals surface area contributed by atoms with Crippen LogP contribution in [-0.4, -0.2) is 20.1 Å². The third kappa shape index (κ3) is 2.19. The smallest absolute Gasteiger partial charge is 0.315 e. The average Bonchev–Trinajstić information content (AvgIpc) is 2.49. The molecule has 0 aliphatic rings. The molecule has 0 spiro atoms. The van der Waals surface area contributed by atoms with Crippen LogP contribution in [0.4, 0.5) is 12.0 Å². The molecule has 0 aliphatic heterocycles. The zero-order valence-electron chi connectivity index (χ0n) is 8.24. The second-order valence-corrected chi connectivity index (χ2v) is 3.01. The first-order chi connectivity index (χ1) is 7.13. The van der Waals surface area contributed by atoms with E-state index in [-0.39, 0.29) is 17.5 Å². The third-order valence-corrected chi connectivity index (χ3v) is 1.62. The number of aryl methyl sites for hydroxylation is 2. The Morgan fingerprint density at radius 3 is 2.80 bits per heavy atom. The van der Waals surface area contributed by atoms with E-state index in [1.165, 1.54) is 6.07 Å². The monoisotopic (exact) mass is 207 g/mol. The molecule has 0 saturated carbocycles. The van der Waals surface area contributed by atoms with E-state index >= 15 is 0 Å². The summed E-state index contributed by atoms with van der Waals surface area (Å²) in [6, 6.07) is 1.59. The average molecular weight is 207 g/mol. The summed E-state index contributed by atoms with van der Waals surface area (Å²) in [4.78, 5) is 21.6. The van der Waals surface area contributed by atoms with Crippen LogP contribution < -0.4 is 10.9 Å². The zero-order valence-corrected chi connectivity index (χ0v) is 8.24. The van der Waals surface area contributed by atoms with Gasteiger partial charge in [-0.1, -0.05) is 5.16 Å². The van der Waals surface area contributed by atoms with E-state index in [2.05, 4.69) is 25.4 Å². The molecule has 15 heavy (non-hydrogen) atoms. The fraction of sp³-hybridized carbons (Fsp3) is 0.250. The summed E-state index contributed by atoms with van der Waals surface area (Å²) in [5.41, 5.74) is 0.374. The van der Waals surface area contributed by atoms with Gasteiger partial charge in [-0.3, -0.25) is 15.1 Å². The number of nitrogens with one attached hydrogen (secondary N) is 2. The maximum absolute atomic E-state index is 11.1. The van der Waals surface area contributed by atoms with Crippen molar-refractivity contribution in [2.45, 2.75) is 13.8 Å². The summed E-state index contributed by atoms with van der Waals surface area (Å²) in [7, 11) is 0. The number of nitrogens with zero attached hydrogens (tertiary/aromatic N) is 3. The van der Waals surface area contributed by atoms with E-state index < -0.39 is 0 Å². The molecule has 0 atom stereocenters. The molecule has 2 aromatic rings. The molecule has 7 nitrogen and oxygen atoms in total. The molecule has 0 aromatic carbocycles. The minimum Gasteiger partial charge on any atom is -0.315 e. The van der Waals surface area contributed by atoms with Crippen molar-refractivity contribution in [3.05, 3.63) is 27.9 Å². The molecule has 7 heteroatoms. The molecule has 2 heterocycles. The second-order valence-electron chi connectivity index (χ2n) is 3.01. The fourth-order valence-electron chi connectivity index (χ4n) is 1.09. The highest BCUT2D eigenvalue weighted by molar-refractivity contribution is 5.39. The van der Waals surface area contributed by atoms with Crippen LogP contribution in [-0.2, 0) is 0 Å². The van der Waals surface area contributed by atoms with Gasteiger partial charge in [0.15, 0.2) is 5.82 Å². The van der Waals surface area contributed by atoms with Gasteiger partial charge in [0.2, 0.25) is 5.95 Å². The number of aromatic nitrogens is 4. The molecule has 2 rings (SSSR count). The first-order valence-corrected chi connectivity index (χ1v) is 4.29. The Labute approximate surface area is 84.6 Å². The molecule has 0 radical (unpaired) electrons. The maximum Gasteiger partial charge on any atom is 0.328 e. The first kappa shape index (κ1) is 9.38. The van der Waals surface area contributed by atoms with Crippen molar-refractivity contribution < 1.29 is 4.52 Å². The molecule has 0 fully saturated rings. The van der Waals surface area contributed by atoms with E-state index in [0.717, 1.165) is 0 Å². The molecule has 0 saturated heterocycles. The molecule has 0 aliphatic carbocycles. The van der Waals surface area contributed by atoms with Crippen molar-refractivity contribution >= 4 is 12.0 Å². The Morgan fingerprint density at radius 1 is 1.40 bits per heavy atom. The lowest BCUT2D eigenvalue weighted by Crippen LogP contribution is -2.10. The Kier molecular flexibility index (Phi) is 2.20. The molecule has 2 aromatic heterocycles. The Hall–Kier alpha value is -2.18. The van der Waals surface area contributed by atoms with Crippen LogP contribution in [0.3, 0.4) is 0 Å². The summed E-state index contributed by atoms with van der Waals surface area (Å²) in [6.07, 6.45) is 0. The quantitative estimate of drug-likeness (QED) is 0.744. The van der Waals surface area contributed by atoms with E-state index in [1.54, 1.807) is 13.8 Å². The van der Waals surface area contributed by atoms with Gasteiger partial charge in [0, 0.05) is 11.8 Å². The fourth-order valence-corrected chi connectivity index (χ4v) is 1.09. The molecule has 2 N–H and O–H groups in total. The van der Waals surface area contributed by atoms with Gasteiger partial charge in [-0.2, -0.15) is 4.98 Å². The first-order valence-electron chi connectivity index (χ1n) is 4.29. The number of hydrogen-bond acceptors (Lipinski definition) is 6. The summed E-state index contributed by atoms with van der Waals surface area (Å²) >= 11 is 0. The highest BCUT2D eigenvalue weighted by Crippen LogP contribution is 2.07. The minimum atomic E-state index is -0.235. The van der Waals surface area contributed by atoms with Crippen LogP contribution in [0.15, 0.2) is 15.4 Å². The maximum atomic E-state index is 11.1. The van der Waals surface area contributed by atoms with Crippen molar-refractivity contribution in [2.75, 3.05) is 5.32 Å². The Bertz CT molecular complexity index is 530. The van der Waals surface area contributed by atoms with Crippen molar-refractivity contribution in [3.8, 4) is 0 Å². The lowest BCUT2D eigenvalue weighted by atomic mass is 10.4. The van der Waals surface area contributed by atoms with Crippen molar-refractivity contribution in [2.24, 2.45) is 0 Å². The van der Waals surface area contributed by atoms with Gasteiger partial charge in [0.25, 0.3) is 5.56 Å². The van der Waals surface area contributed by atoms with Crippen molar-refractivity contribution in [1.29, 1.82) is 0 Å².